The van der Waals surface area contributed by atoms with Crippen LogP contribution in [0.5, 0.6) is 0 Å². The van der Waals surface area contributed by atoms with E-state index in [0.29, 0.717) is 21.5 Å². The van der Waals surface area contributed by atoms with Crippen molar-refractivity contribution in [2.75, 3.05) is 0 Å². The minimum atomic E-state index is -1.77. The Morgan fingerprint density at radius 3 is 2.29 bits per heavy atom. The molecule has 0 saturated heterocycles. The van der Waals surface area contributed by atoms with Gasteiger partial charge in [0.1, 0.15) is 5.82 Å². The Bertz CT molecular complexity index is 2150. The van der Waals surface area contributed by atoms with Gasteiger partial charge in [0.25, 0.3) is 0 Å². The molecule has 227 valence electrons. The summed E-state index contributed by atoms with van der Waals surface area (Å²) in [5.74, 6) is 6.96. The van der Waals surface area contributed by atoms with Gasteiger partial charge in [-0.1, -0.05) is 53.9 Å². The Balaban J connectivity index is 0.000000207. The molecule has 0 amide bonds. The number of thiophene rings is 1. The third-order valence-corrected chi connectivity index (χ3v) is 13.1. The predicted octanol–water partition coefficient (Wildman–Crippen LogP) is 10.0. The minimum absolute atomic E-state index is 0. The van der Waals surface area contributed by atoms with Gasteiger partial charge in [0, 0.05) is 29.0 Å². The van der Waals surface area contributed by atoms with Crippen LogP contribution in [0.3, 0.4) is 0 Å². The summed E-state index contributed by atoms with van der Waals surface area (Å²) < 4.78 is 34.6. The Kier molecular flexibility index (Phi) is 9.60. The summed E-state index contributed by atoms with van der Waals surface area (Å²) >= 11 is -0.393. The first-order valence-electron chi connectivity index (χ1n) is 15.5. The number of hydrogen-bond donors (Lipinski definition) is 0. The fourth-order valence-corrected chi connectivity index (χ4v) is 10.1. The molecular formula is C39H33FGeIrN2S-2. The average molecular weight is 848 g/mol. The molecule has 3 heterocycles. The number of nitrogens with zero attached hydrogens (tertiary/aromatic N) is 2. The third kappa shape index (κ3) is 7.50. The van der Waals surface area contributed by atoms with E-state index >= 15 is 0 Å². The molecular weight excluding hydrogens is 812 g/mol. The maximum atomic E-state index is 14.3. The summed E-state index contributed by atoms with van der Waals surface area (Å²) in [6.07, 6.45) is 2.04. The molecule has 7 aromatic rings. The summed E-state index contributed by atoms with van der Waals surface area (Å²) in [7, 11) is 0. The van der Waals surface area contributed by atoms with Gasteiger partial charge in [-0.05, 0) is 45.4 Å². The van der Waals surface area contributed by atoms with E-state index < -0.39 is 19.6 Å². The third-order valence-electron chi connectivity index (χ3n) is 7.39. The molecule has 7 rings (SSSR count). The normalized spacial score (nSPS) is 12.1. The summed E-state index contributed by atoms with van der Waals surface area (Å²) in [4.78, 5) is 9.07. The molecule has 0 atom stereocenters. The summed E-state index contributed by atoms with van der Waals surface area (Å²) in [5, 5.41) is 1.83. The van der Waals surface area contributed by atoms with Crippen LogP contribution < -0.4 is 4.40 Å². The van der Waals surface area contributed by atoms with Gasteiger partial charge in [0.15, 0.2) is 0 Å². The van der Waals surface area contributed by atoms with Crippen LogP contribution in [-0.4, -0.2) is 23.2 Å². The second kappa shape index (κ2) is 14.3. The molecule has 0 aliphatic rings. The van der Waals surface area contributed by atoms with E-state index in [4.69, 9.17) is 2.74 Å². The number of halogens is 1. The summed E-state index contributed by atoms with van der Waals surface area (Å²) in [6, 6.07) is 38.0. The molecule has 2 nitrogen and oxygen atoms in total. The van der Waals surface area contributed by atoms with Crippen molar-refractivity contribution in [2.24, 2.45) is 0 Å². The van der Waals surface area contributed by atoms with Gasteiger partial charge in [-0.25, -0.2) is 4.39 Å². The van der Waals surface area contributed by atoms with Crippen molar-refractivity contribution in [1.82, 2.24) is 9.97 Å². The number of benzene rings is 4. The molecule has 4 aromatic carbocycles. The Morgan fingerprint density at radius 2 is 1.56 bits per heavy atom. The molecule has 0 N–H and O–H groups in total. The monoisotopic (exact) mass is 849 g/mol. The quantitative estimate of drug-likeness (QED) is 0.127. The van der Waals surface area contributed by atoms with Crippen molar-refractivity contribution in [2.45, 2.75) is 30.6 Å². The number of rotatable bonds is 5. The van der Waals surface area contributed by atoms with Crippen molar-refractivity contribution < 1.29 is 27.2 Å². The van der Waals surface area contributed by atoms with Gasteiger partial charge in [0.05, 0.1) is 4.70 Å². The molecule has 0 unspecified atom stereocenters. The van der Waals surface area contributed by atoms with Gasteiger partial charge < -0.3 is 4.98 Å². The standard InChI is InChI=1S/C24H15FNS.C15H18GeN.Ir/c25-21-11-5-9-19-18-8-4-10-20(23(18)27-24(19)21)22-15-17(12-13-26-22)14-16-6-2-1-3-7-16;1-12-10-15(13-8-6-5-7-9-13)17-11-14(12)16(2,3)4;/h1-9,11-13,15H,14H2;5-8,10-11H,1-4H3;/q2*-1;/i14D2;;. The van der Waals surface area contributed by atoms with Crippen LogP contribution in [0.25, 0.3) is 42.7 Å². The van der Waals surface area contributed by atoms with E-state index in [2.05, 4.69) is 64.6 Å². The number of fused-ring (bicyclic) bond motifs is 3. The summed E-state index contributed by atoms with van der Waals surface area (Å²) in [5.41, 5.74) is 5.96. The Morgan fingerprint density at radius 1 is 0.778 bits per heavy atom. The number of aryl methyl sites for hydroxylation is 1. The Hall–Kier alpha value is -3.48. The fraction of sp³-hybridized carbons (Fsp3) is 0.128. The van der Waals surface area contributed by atoms with E-state index in [9.17, 15) is 4.39 Å². The first kappa shape index (κ1) is 30.2. The zero-order chi connectivity index (χ0) is 32.5. The maximum absolute atomic E-state index is 14.3. The number of pyridine rings is 2. The SMILES string of the molecule is Cc1cc(-c2[c-]cccc2)nc[c]1[Ge]([CH3])([CH3])[CH3].[2H]C([2H])(c1ccccc1)c1ccnc(-c2[c-]ccc3c2sc2c(F)cccc23)c1.[Ir]. The van der Waals surface area contributed by atoms with Gasteiger partial charge in [0.2, 0.25) is 0 Å². The zero-order valence-electron chi connectivity index (χ0n) is 27.5. The second-order valence-corrected chi connectivity index (χ2v) is 23.2. The summed E-state index contributed by atoms with van der Waals surface area (Å²) in [6.45, 7) is 2.19. The molecule has 0 spiro atoms. The second-order valence-electron chi connectivity index (χ2n) is 11.6. The van der Waals surface area contributed by atoms with Gasteiger partial charge in [-0.2, -0.15) is 11.3 Å². The molecule has 0 aliphatic heterocycles. The van der Waals surface area contributed by atoms with Gasteiger partial charge >= 0.3 is 106 Å². The van der Waals surface area contributed by atoms with Crippen molar-refractivity contribution in [3.8, 4) is 22.5 Å². The van der Waals surface area contributed by atoms with E-state index in [1.165, 1.54) is 27.4 Å². The molecule has 45 heavy (non-hydrogen) atoms. The van der Waals surface area contributed by atoms with Gasteiger partial charge in [-0.15, -0.1) is 23.8 Å². The van der Waals surface area contributed by atoms with Crippen molar-refractivity contribution in [3.63, 3.8) is 0 Å². The van der Waals surface area contributed by atoms with E-state index in [1.807, 2.05) is 54.6 Å². The molecule has 6 heteroatoms. The molecule has 0 saturated carbocycles. The zero-order valence-corrected chi connectivity index (χ0v) is 30.8. The van der Waals surface area contributed by atoms with Crippen LogP contribution in [0, 0.1) is 24.9 Å². The van der Waals surface area contributed by atoms with Crippen molar-refractivity contribution in [3.05, 3.63) is 150 Å². The van der Waals surface area contributed by atoms with Crippen LogP contribution in [0.15, 0.2) is 116 Å². The molecule has 0 aliphatic carbocycles. The van der Waals surface area contributed by atoms with Gasteiger partial charge in [-0.3, -0.25) is 0 Å². The first-order chi connectivity index (χ1) is 22.0. The van der Waals surface area contributed by atoms with Crippen LogP contribution >= 0.6 is 11.3 Å². The van der Waals surface area contributed by atoms with Crippen LogP contribution in [0.4, 0.5) is 4.39 Å². The average Bonchev–Trinajstić information content (AvgIpc) is 3.46. The van der Waals surface area contributed by atoms with Crippen molar-refractivity contribution >= 4 is 49.2 Å². The van der Waals surface area contributed by atoms with Crippen LogP contribution in [-0.2, 0) is 26.5 Å². The Labute approximate surface area is 287 Å². The largest absolute Gasteiger partial charge is 0.305 e. The molecule has 1 radical (unpaired) electrons. The van der Waals surface area contributed by atoms with Crippen LogP contribution in [0.2, 0.25) is 17.3 Å². The molecule has 3 aromatic heterocycles. The van der Waals surface area contributed by atoms with E-state index in [-0.39, 0.29) is 25.9 Å². The van der Waals surface area contributed by atoms with E-state index in [1.54, 1.807) is 36.5 Å². The number of aromatic nitrogens is 2. The maximum Gasteiger partial charge on any atom is 0.140 e. The molecule has 0 fully saturated rings. The van der Waals surface area contributed by atoms with Crippen LogP contribution in [0.1, 0.15) is 19.4 Å². The predicted molar refractivity (Wildman–Crippen MR) is 187 cm³/mol. The van der Waals surface area contributed by atoms with Crippen molar-refractivity contribution in [1.29, 1.82) is 0 Å². The molecule has 0 bridgehead atoms. The minimum Gasteiger partial charge on any atom is -0.305 e. The van der Waals surface area contributed by atoms with E-state index in [0.717, 1.165) is 32.3 Å². The topological polar surface area (TPSA) is 25.8 Å². The number of hydrogen-bond acceptors (Lipinski definition) is 3. The fourth-order valence-electron chi connectivity index (χ4n) is 5.29. The first-order valence-corrected chi connectivity index (χ1v) is 22.7. The smallest absolute Gasteiger partial charge is 0.140 e.